The van der Waals surface area contributed by atoms with E-state index >= 15 is 0 Å². The van der Waals surface area contributed by atoms with E-state index in [1.165, 1.54) is 58.0 Å². The molecule has 1 aliphatic heterocycles. The van der Waals surface area contributed by atoms with E-state index in [0.29, 0.717) is 29.2 Å². The zero-order chi connectivity index (χ0) is 21.5. The number of likely N-dealkylation sites (tertiary alicyclic amines) is 1. The summed E-state index contributed by atoms with van der Waals surface area (Å²) in [5.74, 6) is 3.56. The van der Waals surface area contributed by atoms with E-state index in [0.717, 1.165) is 44.4 Å². The lowest BCUT2D eigenvalue weighted by Crippen LogP contribution is -2.49. The molecule has 2 N–H and O–H groups in total. The summed E-state index contributed by atoms with van der Waals surface area (Å²) in [6.45, 7) is 10.2. The zero-order valence-corrected chi connectivity index (χ0v) is 20.5. The number of rotatable bonds is 9. The maximum atomic E-state index is 10.3. The lowest BCUT2D eigenvalue weighted by atomic mass is 9.75. The summed E-state index contributed by atoms with van der Waals surface area (Å²) in [6.07, 6.45) is 10.8. The van der Waals surface area contributed by atoms with Crippen LogP contribution in [0.4, 0.5) is 0 Å². The Labute approximate surface area is 190 Å². The van der Waals surface area contributed by atoms with Crippen LogP contribution in [-0.4, -0.2) is 67.4 Å². The lowest BCUT2D eigenvalue weighted by molar-refractivity contribution is 0.0337. The Morgan fingerprint density at radius 3 is 2.23 bits per heavy atom. The van der Waals surface area contributed by atoms with Gasteiger partial charge in [-0.2, -0.15) is 0 Å². The standard InChI is InChI=1S/C25H47ClN2O2/c1-18(2)25(27-15-19-12-20(17-30-3)14-24(29)13-19)16-28-10-8-22(9-11-28)21-4-6-23(26)7-5-21/h18-25,27,29H,4-17H2,1-3H3/t19?,20?,21?,23?,24?,25-/m0/s1. The van der Waals surface area contributed by atoms with Crippen LogP contribution in [0.1, 0.15) is 71.6 Å². The Balaban J connectivity index is 1.40. The molecule has 30 heavy (non-hydrogen) atoms. The second-order valence-electron chi connectivity index (χ2n) is 11.0. The van der Waals surface area contributed by atoms with Gasteiger partial charge in [0.25, 0.3) is 0 Å². The largest absolute Gasteiger partial charge is 0.393 e. The summed E-state index contributed by atoms with van der Waals surface area (Å²) in [7, 11) is 1.77. The van der Waals surface area contributed by atoms with Crippen molar-refractivity contribution >= 4 is 11.6 Å². The first-order valence-corrected chi connectivity index (χ1v) is 13.1. The number of alkyl halides is 1. The predicted octanol–water partition coefficient (Wildman–Crippen LogP) is 4.53. The van der Waals surface area contributed by atoms with Crippen molar-refractivity contribution in [3.05, 3.63) is 0 Å². The van der Waals surface area contributed by atoms with E-state index in [1.807, 2.05) is 0 Å². The molecule has 0 aromatic heterocycles. The first-order chi connectivity index (χ1) is 14.4. The molecular weight excluding hydrogens is 396 g/mol. The number of nitrogens with zero attached hydrogens (tertiary/aromatic N) is 1. The minimum absolute atomic E-state index is 0.156. The minimum Gasteiger partial charge on any atom is -0.393 e. The van der Waals surface area contributed by atoms with Gasteiger partial charge in [-0.15, -0.1) is 11.6 Å². The summed E-state index contributed by atoms with van der Waals surface area (Å²) in [6, 6.07) is 0.535. The van der Waals surface area contributed by atoms with Gasteiger partial charge in [0.1, 0.15) is 0 Å². The SMILES string of the molecule is COCC1CC(O)CC(CN[C@@H](CN2CCC(C3CCC(Cl)CC3)CC2)C(C)C)C1. The highest BCUT2D eigenvalue weighted by molar-refractivity contribution is 6.20. The molecule has 2 aliphatic carbocycles. The van der Waals surface area contributed by atoms with Gasteiger partial charge in [-0.25, -0.2) is 0 Å². The van der Waals surface area contributed by atoms with E-state index in [-0.39, 0.29) is 6.10 Å². The van der Waals surface area contributed by atoms with Gasteiger partial charge in [0.05, 0.1) is 6.10 Å². The van der Waals surface area contributed by atoms with Crippen LogP contribution in [0.25, 0.3) is 0 Å². The van der Waals surface area contributed by atoms with Gasteiger partial charge in [-0.1, -0.05) is 13.8 Å². The Bertz CT molecular complexity index is 476. The van der Waals surface area contributed by atoms with Crippen LogP contribution in [0.3, 0.4) is 0 Å². The zero-order valence-electron chi connectivity index (χ0n) is 19.7. The molecule has 0 amide bonds. The van der Waals surface area contributed by atoms with Gasteiger partial charge in [0.15, 0.2) is 0 Å². The fourth-order valence-electron chi connectivity index (χ4n) is 6.33. The first-order valence-electron chi connectivity index (χ1n) is 12.7. The fraction of sp³-hybridized carbons (Fsp3) is 1.00. The number of aliphatic hydroxyl groups excluding tert-OH is 1. The molecule has 3 fully saturated rings. The average molecular weight is 443 g/mol. The van der Waals surface area contributed by atoms with Crippen LogP contribution in [0.15, 0.2) is 0 Å². The van der Waals surface area contributed by atoms with Crippen molar-refractivity contribution in [2.45, 2.75) is 89.2 Å². The van der Waals surface area contributed by atoms with Crippen molar-refractivity contribution < 1.29 is 9.84 Å². The number of hydrogen-bond acceptors (Lipinski definition) is 4. The van der Waals surface area contributed by atoms with Gasteiger partial charge in [0.2, 0.25) is 0 Å². The maximum Gasteiger partial charge on any atom is 0.0546 e. The van der Waals surface area contributed by atoms with Crippen molar-refractivity contribution in [2.24, 2.45) is 29.6 Å². The van der Waals surface area contributed by atoms with Gasteiger partial charge < -0.3 is 20.1 Å². The molecule has 1 saturated heterocycles. The Morgan fingerprint density at radius 2 is 1.60 bits per heavy atom. The monoisotopic (exact) mass is 442 g/mol. The van der Waals surface area contributed by atoms with Crippen molar-refractivity contribution in [2.75, 3.05) is 39.9 Å². The Morgan fingerprint density at radius 1 is 0.967 bits per heavy atom. The maximum absolute atomic E-state index is 10.3. The summed E-state index contributed by atoms with van der Waals surface area (Å²) in [5.41, 5.74) is 0. The fourth-order valence-corrected chi connectivity index (χ4v) is 6.58. The molecule has 0 aromatic carbocycles. The molecule has 1 heterocycles. The molecule has 2 saturated carbocycles. The summed E-state index contributed by atoms with van der Waals surface area (Å²) in [4.78, 5) is 2.70. The molecule has 0 aromatic rings. The lowest BCUT2D eigenvalue weighted by Gasteiger charge is -2.40. The summed E-state index contributed by atoms with van der Waals surface area (Å²) >= 11 is 6.31. The number of halogens is 1. The van der Waals surface area contributed by atoms with Gasteiger partial charge in [0, 0.05) is 31.7 Å². The highest BCUT2D eigenvalue weighted by Gasteiger charge is 2.31. The molecule has 5 heteroatoms. The number of methoxy groups -OCH3 is 1. The molecule has 176 valence electrons. The van der Waals surface area contributed by atoms with Crippen molar-refractivity contribution in [1.82, 2.24) is 10.2 Å². The van der Waals surface area contributed by atoms with E-state index in [4.69, 9.17) is 16.3 Å². The quantitative estimate of drug-likeness (QED) is 0.515. The number of ether oxygens (including phenoxy) is 1. The molecule has 0 radical (unpaired) electrons. The third kappa shape index (κ3) is 7.62. The smallest absolute Gasteiger partial charge is 0.0546 e. The molecule has 4 nitrogen and oxygen atoms in total. The number of piperidine rings is 1. The molecule has 0 spiro atoms. The highest BCUT2D eigenvalue weighted by atomic mass is 35.5. The van der Waals surface area contributed by atoms with Crippen molar-refractivity contribution in [3.63, 3.8) is 0 Å². The molecule has 3 unspecified atom stereocenters. The van der Waals surface area contributed by atoms with Crippen molar-refractivity contribution in [1.29, 1.82) is 0 Å². The minimum atomic E-state index is -0.156. The van der Waals surface area contributed by atoms with E-state index in [1.54, 1.807) is 7.11 Å². The van der Waals surface area contributed by atoms with Crippen LogP contribution < -0.4 is 5.32 Å². The molecule has 0 bridgehead atoms. The molecule has 3 aliphatic rings. The van der Waals surface area contributed by atoms with Gasteiger partial charge in [-0.3, -0.25) is 0 Å². The molecule has 3 rings (SSSR count). The van der Waals surface area contributed by atoms with Crippen LogP contribution >= 0.6 is 11.6 Å². The van der Waals surface area contributed by atoms with Crippen LogP contribution in [0.2, 0.25) is 0 Å². The predicted molar refractivity (Wildman–Crippen MR) is 126 cm³/mol. The third-order valence-electron chi connectivity index (χ3n) is 8.21. The second-order valence-corrected chi connectivity index (χ2v) is 11.6. The van der Waals surface area contributed by atoms with Gasteiger partial charge in [-0.05, 0) is 107 Å². The Hall–Kier alpha value is 0.130. The molecular formula is C25H47ClN2O2. The summed E-state index contributed by atoms with van der Waals surface area (Å²) in [5, 5.41) is 14.6. The molecule has 4 atom stereocenters. The Kier molecular flexibility index (Phi) is 10.2. The van der Waals surface area contributed by atoms with Crippen LogP contribution in [0.5, 0.6) is 0 Å². The average Bonchev–Trinajstić information content (AvgIpc) is 2.72. The first kappa shape index (κ1) is 24.8. The van der Waals surface area contributed by atoms with Gasteiger partial charge >= 0.3 is 0 Å². The topological polar surface area (TPSA) is 44.7 Å². The highest BCUT2D eigenvalue weighted by Crippen LogP contribution is 2.37. The number of hydrogen-bond donors (Lipinski definition) is 2. The number of nitrogens with one attached hydrogen (secondary N) is 1. The van der Waals surface area contributed by atoms with Crippen LogP contribution in [0, 0.1) is 29.6 Å². The normalized spacial score (nSPS) is 35.6. The van der Waals surface area contributed by atoms with E-state index in [9.17, 15) is 5.11 Å². The van der Waals surface area contributed by atoms with Crippen molar-refractivity contribution in [3.8, 4) is 0 Å². The summed E-state index contributed by atoms with van der Waals surface area (Å²) < 4.78 is 5.36. The van der Waals surface area contributed by atoms with E-state index < -0.39 is 0 Å². The van der Waals surface area contributed by atoms with Crippen LogP contribution in [-0.2, 0) is 4.74 Å². The van der Waals surface area contributed by atoms with E-state index in [2.05, 4.69) is 24.1 Å². The second kappa shape index (κ2) is 12.4. The number of aliphatic hydroxyl groups is 1. The third-order valence-corrected chi connectivity index (χ3v) is 8.64.